The third-order valence-electron chi connectivity index (χ3n) is 6.17. The maximum atomic E-state index is 13.1. The molecule has 1 atom stereocenters. The SMILES string of the molecule is CC(C(=O)N1CCC(c2nc3ccccc3[nH]2)CC1)N1C(=O)c2ccccc2C1=O. The summed E-state index contributed by atoms with van der Waals surface area (Å²) in [7, 11) is 0. The molecule has 3 heterocycles. The molecule has 0 radical (unpaired) electrons. The van der Waals surface area contributed by atoms with Gasteiger partial charge in [-0.1, -0.05) is 24.3 Å². The van der Waals surface area contributed by atoms with Crippen molar-refractivity contribution >= 4 is 28.8 Å². The van der Waals surface area contributed by atoms with Gasteiger partial charge in [-0.15, -0.1) is 0 Å². The van der Waals surface area contributed by atoms with Crippen LogP contribution in [0.1, 0.15) is 52.2 Å². The molecule has 7 nitrogen and oxygen atoms in total. The largest absolute Gasteiger partial charge is 0.342 e. The first kappa shape index (κ1) is 18.5. The molecule has 3 amide bonds. The maximum Gasteiger partial charge on any atom is 0.262 e. The van der Waals surface area contributed by atoms with Crippen molar-refractivity contribution in [1.82, 2.24) is 19.8 Å². The van der Waals surface area contributed by atoms with Gasteiger partial charge in [0, 0.05) is 19.0 Å². The van der Waals surface area contributed by atoms with Gasteiger partial charge in [0.05, 0.1) is 22.2 Å². The minimum absolute atomic E-state index is 0.187. The molecule has 0 spiro atoms. The molecule has 1 fully saturated rings. The number of hydrogen-bond acceptors (Lipinski definition) is 4. The minimum atomic E-state index is -0.819. The topological polar surface area (TPSA) is 86.4 Å². The summed E-state index contributed by atoms with van der Waals surface area (Å²) in [5.41, 5.74) is 2.70. The summed E-state index contributed by atoms with van der Waals surface area (Å²) in [6.07, 6.45) is 1.58. The zero-order valence-corrected chi connectivity index (χ0v) is 16.7. The van der Waals surface area contributed by atoms with Crippen LogP contribution in [0.3, 0.4) is 0 Å². The van der Waals surface area contributed by atoms with E-state index in [4.69, 9.17) is 4.98 Å². The number of imide groups is 1. The van der Waals surface area contributed by atoms with Crippen LogP contribution in [0.4, 0.5) is 0 Å². The van der Waals surface area contributed by atoms with Crippen LogP contribution >= 0.6 is 0 Å². The molecular weight excluding hydrogens is 380 g/mol. The number of rotatable bonds is 3. The van der Waals surface area contributed by atoms with Crippen molar-refractivity contribution in [3.63, 3.8) is 0 Å². The third kappa shape index (κ3) is 2.89. The number of aromatic nitrogens is 2. The maximum absolute atomic E-state index is 13.1. The number of amides is 3. The number of fused-ring (bicyclic) bond motifs is 2. The standard InChI is InChI=1S/C23H22N4O3/c1-14(27-22(29)16-6-2-3-7-17(16)23(27)30)21(28)26-12-10-15(11-13-26)20-24-18-8-4-5-9-19(18)25-20/h2-9,14-15H,10-13H2,1H3,(H,24,25). The van der Waals surface area contributed by atoms with Gasteiger partial charge in [0.1, 0.15) is 11.9 Å². The molecule has 2 aliphatic heterocycles. The first-order valence-electron chi connectivity index (χ1n) is 10.2. The normalized spacial score (nSPS) is 18.2. The van der Waals surface area contributed by atoms with Gasteiger partial charge >= 0.3 is 0 Å². The Labute approximate surface area is 173 Å². The Bertz CT molecular complexity index is 1090. The molecule has 2 aromatic carbocycles. The molecule has 1 N–H and O–H groups in total. The molecule has 5 rings (SSSR count). The fraction of sp³-hybridized carbons (Fsp3) is 0.304. The van der Waals surface area contributed by atoms with Crippen molar-refractivity contribution in [3.05, 3.63) is 65.5 Å². The van der Waals surface area contributed by atoms with Crippen molar-refractivity contribution < 1.29 is 14.4 Å². The van der Waals surface area contributed by atoms with Crippen LogP contribution in [0.2, 0.25) is 0 Å². The zero-order valence-electron chi connectivity index (χ0n) is 16.7. The van der Waals surface area contributed by atoms with Crippen molar-refractivity contribution in [1.29, 1.82) is 0 Å². The molecule has 1 aromatic heterocycles. The number of hydrogen-bond donors (Lipinski definition) is 1. The van der Waals surface area contributed by atoms with E-state index in [1.54, 1.807) is 36.1 Å². The number of nitrogens with zero attached hydrogens (tertiary/aromatic N) is 3. The van der Waals surface area contributed by atoms with Gasteiger partial charge < -0.3 is 9.88 Å². The Morgan fingerprint density at radius 3 is 2.23 bits per heavy atom. The Hall–Kier alpha value is -3.48. The van der Waals surface area contributed by atoms with Crippen molar-refractivity contribution in [2.24, 2.45) is 0 Å². The van der Waals surface area contributed by atoms with Gasteiger partial charge in [0.25, 0.3) is 11.8 Å². The molecule has 0 bridgehead atoms. The van der Waals surface area contributed by atoms with E-state index >= 15 is 0 Å². The number of H-pyrrole nitrogens is 1. The molecule has 1 saturated heterocycles. The van der Waals surface area contributed by atoms with Crippen LogP contribution in [0.5, 0.6) is 0 Å². The fourth-order valence-corrected chi connectivity index (χ4v) is 4.47. The van der Waals surface area contributed by atoms with Crippen LogP contribution in [0.15, 0.2) is 48.5 Å². The molecule has 7 heteroatoms. The van der Waals surface area contributed by atoms with Crippen molar-refractivity contribution in [2.45, 2.75) is 31.7 Å². The van der Waals surface area contributed by atoms with Gasteiger partial charge in [-0.3, -0.25) is 19.3 Å². The Morgan fingerprint density at radius 1 is 1.00 bits per heavy atom. The summed E-state index contributed by atoms with van der Waals surface area (Å²) in [6, 6.07) is 13.8. The molecule has 1 unspecified atom stereocenters. The fourth-order valence-electron chi connectivity index (χ4n) is 4.47. The lowest BCUT2D eigenvalue weighted by molar-refractivity contribution is -0.136. The van der Waals surface area contributed by atoms with Gasteiger partial charge in [0.15, 0.2) is 0 Å². The summed E-state index contributed by atoms with van der Waals surface area (Å²) < 4.78 is 0. The number of carbonyl (C=O) groups is 3. The number of para-hydroxylation sites is 2. The monoisotopic (exact) mass is 402 g/mol. The third-order valence-corrected chi connectivity index (χ3v) is 6.17. The van der Waals surface area contributed by atoms with Crippen LogP contribution in [0.25, 0.3) is 11.0 Å². The lowest BCUT2D eigenvalue weighted by atomic mass is 9.95. The molecule has 2 aliphatic rings. The smallest absolute Gasteiger partial charge is 0.262 e. The van der Waals surface area contributed by atoms with E-state index in [0.29, 0.717) is 24.2 Å². The molecule has 30 heavy (non-hydrogen) atoms. The summed E-state index contributed by atoms with van der Waals surface area (Å²) in [6.45, 7) is 2.79. The van der Waals surface area contributed by atoms with E-state index in [1.807, 2.05) is 24.3 Å². The second-order valence-electron chi connectivity index (χ2n) is 7.94. The number of carbonyl (C=O) groups excluding carboxylic acids is 3. The van der Waals surface area contributed by atoms with Gasteiger partial charge in [0.2, 0.25) is 5.91 Å². The van der Waals surface area contributed by atoms with E-state index in [0.717, 1.165) is 34.6 Å². The highest BCUT2D eigenvalue weighted by Crippen LogP contribution is 2.29. The van der Waals surface area contributed by atoms with Crippen LogP contribution < -0.4 is 0 Å². The molecule has 3 aromatic rings. The average Bonchev–Trinajstić information content (AvgIpc) is 3.32. The number of likely N-dealkylation sites (tertiary alicyclic amines) is 1. The summed E-state index contributed by atoms with van der Waals surface area (Å²) >= 11 is 0. The van der Waals surface area contributed by atoms with E-state index in [9.17, 15) is 14.4 Å². The van der Waals surface area contributed by atoms with E-state index in [-0.39, 0.29) is 11.8 Å². The summed E-state index contributed by atoms with van der Waals surface area (Å²) in [4.78, 5) is 49.4. The van der Waals surface area contributed by atoms with Crippen molar-refractivity contribution in [2.75, 3.05) is 13.1 Å². The number of aromatic amines is 1. The lowest BCUT2D eigenvalue weighted by Crippen LogP contribution is -2.51. The second kappa shape index (κ2) is 7.09. The highest BCUT2D eigenvalue weighted by Gasteiger charge is 2.42. The lowest BCUT2D eigenvalue weighted by Gasteiger charge is -2.34. The average molecular weight is 402 g/mol. The Morgan fingerprint density at radius 2 is 1.60 bits per heavy atom. The summed E-state index contributed by atoms with van der Waals surface area (Å²) in [5, 5.41) is 0. The first-order chi connectivity index (χ1) is 14.5. The molecule has 0 aliphatic carbocycles. The van der Waals surface area contributed by atoms with Crippen LogP contribution in [-0.2, 0) is 4.79 Å². The van der Waals surface area contributed by atoms with E-state index in [2.05, 4.69) is 4.98 Å². The highest BCUT2D eigenvalue weighted by atomic mass is 16.2. The van der Waals surface area contributed by atoms with Gasteiger partial charge in [-0.25, -0.2) is 4.98 Å². The zero-order chi connectivity index (χ0) is 20.8. The van der Waals surface area contributed by atoms with Gasteiger partial charge in [-0.2, -0.15) is 0 Å². The van der Waals surface area contributed by atoms with Crippen molar-refractivity contribution in [3.8, 4) is 0 Å². The molecule has 152 valence electrons. The Balaban J connectivity index is 1.27. The van der Waals surface area contributed by atoms with E-state index < -0.39 is 17.9 Å². The number of imidazole rings is 1. The molecular formula is C23H22N4O3. The first-order valence-corrected chi connectivity index (χ1v) is 10.2. The van der Waals surface area contributed by atoms with Crippen LogP contribution in [0, 0.1) is 0 Å². The number of benzene rings is 2. The van der Waals surface area contributed by atoms with Gasteiger partial charge in [-0.05, 0) is 44.0 Å². The molecule has 0 saturated carbocycles. The highest BCUT2D eigenvalue weighted by molar-refractivity contribution is 6.22. The van der Waals surface area contributed by atoms with Crippen LogP contribution in [-0.4, -0.2) is 56.6 Å². The van der Waals surface area contributed by atoms with E-state index in [1.165, 1.54) is 0 Å². The minimum Gasteiger partial charge on any atom is -0.342 e. The quantitative estimate of drug-likeness (QED) is 0.683. The number of nitrogens with one attached hydrogen (secondary N) is 1. The second-order valence-corrected chi connectivity index (χ2v) is 7.94. The Kier molecular flexibility index (Phi) is 4.38. The summed E-state index contributed by atoms with van der Waals surface area (Å²) in [5.74, 6) is 0.238. The predicted molar refractivity (Wildman–Crippen MR) is 111 cm³/mol. The number of piperidine rings is 1. The predicted octanol–water partition coefficient (Wildman–Crippen LogP) is 2.95.